The summed E-state index contributed by atoms with van der Waals surface area (Å²) in [4.78, 5) is 11.1. The Balaban J connectivity index is 1.58. The molecule has 2 aliphatic rings. The lowest BCUT2D eigenvalue weighted by Gasteiger charge is -2.08. The molecular formula is C8H13NO2S. The van der Waals surface area contributed by atoms with Gasteiger partial charge in [0.15, 0.2) is 0 Å². The Kier molecular flexibility index (Phi) is 2.04. The molecule has 0 aromatic heterocycles. The summed E-state index contributed by atoms with van der Waals surface area (Å²) in [5, 5.41) is 0. The van der Waals surface area contributed by atoms with Crippen molar-refractivity contribution in [3.63, 3.8) is 0 Å². The summed E-state index contributed by atoms with van der Waals surface area (Å²) in [5.74, 6) is 0.400. The molecule has 68 valence electrons. The highest BCUT2D eigenvalue weighted by molar-refractivity contribution is 7.93. The molecule has 0 aromatic carbocycles. The average molecular weight is 187 g/mol. The molecule has 2 fully saturated rings. The van der Waals surface area contributed by atoms with Gasteiger partial charge >= 0.3 is 0 Å². The van der Waals surface area contributed by atoms with E-state index in [1.807, 2.05) is 0 Å². The Morgan fingerprint density at radius 2 is 2.25 bits per heavy atom. The molecule has 1 N–H and O–H groups in total. The third-order valence-corrected chi connectivity index (χ3v) is 3.06. The first-order valence-corrected chi connectivity index (χ1v) is 5.08. The summed E-state index contributed by atoms with van der Waals surface area (Å²) in [6, 6.07) is 0. The van der Waals surface area contributed by atoms with Gasteiger partial charge in [0.05, 0.1) is 5.60 Å². The normalized spacial score (nSPS) is 25.1. The van der Waals surface area contributed by atoms with E-state index in [9.17, 15) is 4.79 Å². The van der Waals surface area contributed by atoms with Crippen LogP contribution in [-0.2, 0) is 8.98 Å². The maximum atomic E-state index is 11.1. The van der Waals surface area contributed by atoms with Gasteiger partial charge in [0.1, 0.15) is 12.2 Å². The van der Waals surface area contributed by atoms with Crippen LogP contribution >= 0.6 is 12.2 Å². The molecule has 2 saturated carbocycles. The van der Waals surface area contributed by atoms with Gasteiger partial charge in [0.25, 0.3) is 0 Å². The van der Waals surface area contributed by atoms with E-state index < -0.39 is 0 Å². The Labute approximate surface area is 76.6 Å². The monoisotopic (exact) mass is 187 g/mol. The first-order valence-electron chi connectivity index (χ1n) is 4.34. The van der Waals surface area contributed by atoms with Crippen molar-refractivity contribution >= 4 is 18.1 Å². The lowest BCUT2D eigenvalue weighted by Crippen LogP contribution is -2.19. The predicted octanol–water partition coefficient (Wildman–Crippen LogP) is 1.64. The lowest BCUT2D eigenvalue weighted by atomic mass is 10.4. The highest BCUT2D eigenvalue weighted by Crippen LogP contribution is 2.41. The van der Waals surface area contributed by atoms with Gasteiger partial charge in [-0.2, -0.15) is 0 Å². The second kappa shape index (κ2) is 2.92. The zero-order valence-corrected chi connectivity index (χ0v) is 7.95. The molecule has 0 unspecified atom stereocenters. The van der Waals surface area contributed by atoms with Crippen molar-refractivity contribution in [2.45, 2.75) is 38.2 Å². The van der Waals surface area contributed by atoms with Crippen LogP contribution in [0.2, 0.25) is 0 Å². The Morgan fingerprint density at radius 3 is 2.75 bits per heavy atom. The van der Waals surface area contributed by atoms with E-state index in [1.54, 1.807) is 0 Å². The van der Waals surface area contributed by atoms with Crippen LogP contribution in [0, 0.1) is 5.92 Å². The number of carbonyl (C=O) groups is 1. The molecule has 2 rings (SSSR count). The topological polar surface area (TPSA) is 38.3 Å². The zero-order valence-electron chi connectivity index (χ0n) is 7.13. The third-order valence-electron chi connectivity index (χ3n) is 2.29. The standard InChI is InChI=1S/C8H13NO2S/c1-8(4-5-8)11-12-9-7(10)6-2-3-6/h6H,2-5H2,1H3,(H,9,10). The highest BCUT2D eigenvalue weighted by Gasteiger charge is 2.40. The van der Waals surface area contributed by atoms with Crippen molar-refractivity contribution in [2.24, 2.45) is 5.92 Å². The molecule has 0 bridgehead atoms. The summed E-state index contributed by atoms with van der Waals surface area (Å²) in [6.07, 6.45) is 4.31. The fourth-order valence-corrected chi connectivity index (χ4v) is 1.51. The van der Waals surface area contributed by atoms with E-state index in [1.165, 1.54) is 0 Å². The maximum Gasteiger partial charge on any atom is 0.234 e. The Hall–Kier alpha value is -0.220. The first kappa shape index (κ1) is 8.38. The summed E-state index contributed by atoms with van der Waals surface area (Å²) in [6.45, 7) is 2.06. The van der Waals surface area contributed by atoms with Gasteiger partial charge in [-0.05, 0) is 32.6 Å². The van der Waals surface area contributed by atoms with E-state index in [4.69, 9.17) is 4.18 Å². The smallest absolute Gasteiger partial charge is 0.234 e. The number of hydrogen-bond donors (Lipinski definition) is 1. The number of nitrogens with one attached hydrogen (secondary N) is 1. The number of carbonyl (C=O) groups excluding carboxylic acids is 1. The van der Waals surface area contributed by atoms with Crippen LogP contribution in [-0.4, -0.2) is 11.5 Å². The van der Waals surface area contributed by atoms with Crippen molar-refractivity contribution in [3.8, 4) is 0 Å². The van der Waals surface area contributed by atoms with Gasteiger partial charge in [-0.3, -0.25) is 13.7 Å². The van der Waals surface area contributed by atoms with Crippen molar-refractivity contribution in [3.05, 3.63) is 0 Å². The van der Waals surface area contributed by atoms with Crippen LogP contribution < -0.4 is 4.72 Å². The van der Waals surface area contributed by atoms with Crippen LogP contribution in [0.4, 0.5) is 0 Å². The second-order valence-corrected chi connectivity index (χ2v) is 4.39. The van der Waals surface area contributed by atoms with Crippen molar-refractivity contribution < 1.29 is 8.98 Å². The van der Waals surface area contributed by atoms with E-state index in [0.29, 0.717) is 0 Å². The van der Waals surface area contributed by atoms with Crippen LogP contribution in [0.25, 0.3) is 0 Å². The highest BCUT2D eigenvalue weighted by atomic mass is 32.2. The number of hydrogen-bond acceptors (Lipinski definition) is 3. The number of amides is 1. The summed E-state index contributed by atoms with van der Waals surface area (Å²) < 4.78 is 8.07. The van der Waals surface area contributed by atoms with E-state index >= 15 is 0 Å². The lowest BCUT2D eigenvalue weighted by molar-refractivity contribution is -0.120. The molecule has 2 aliphatic carbocycles. The zero-order chi connectivity index (χ0) is 8.60. The van der Waals surface area contributed by atoms with Gasteiger partial charge in [-0.15, -0.1) is 0 Å². The largest absolute Gasteiger partial charge is 0.290 e. The molecule has 0 aromatic rings. The molecule has 3 nitrogen and oxygen atoms in total. The van der Waals surface area contributed by atoms with Crippen LogP contribution in [0.1, 0.15) is 32.6 Å². The van der Waals surface area contributed by atoms with Gasteiger partial charge in [0.2, 0.25) is 5.91 Å². The van der Waals surface area contributed by atoms with Crippen molar-refractivity contribution in [1.29, 1.82) is 0 Å². The van der Waals surface area contributed by atoms with Crippen LogP contribution in [0.3, 0.4) is 0 Å². The third kappa shape index (κ3) is 2.14. The minimum absolute atomic E-state index is 0.0432. The molecule has 12 heavy (non-hydrogen) atoms. The van der Waals surface area contributed by atoms with E-state index in [2.05, 4.69) is 11.6 Å². The average Bonchev–Trinajstić information content (AvgIpc) is 2.82. The van der Waals surface area contributed by atoms with Gasteiger partial charge < -0.3 is 0 Å². The maximum absolute atomic E-state index is 11.1. The minimum atomic E-state index is 0.0432. The molecule has 0 radical (unpaired) electrons. The van der Waals surface area contributed by atoms with Gasteiger partial charge in [0, 0.05) is 5.92 Å². The molecule has 0 heterocycles. The molecule has 0 atom stereocenters. The Morgan fingerprint density at radius 1 is 1.58 bits per heavy atom. The second-order valence-electron chi connectivity index (χ2n) is 3.86. The molecule has 0 saturated heterocycles. The SMILES string of the molecule is CC1(OSNC(=O)C2CC2)CC1. The van der Waals surface area contributed by atoms with Crippen LogP contribution in [0.15, 0.2) is 0 Å². The predicted molar refractivity (Wildman–Crippen MR) is 47.2 cm³/mol. The van der Waals surface area contributed by atoms with Crippen molar-refractivity contribution in [2.75, 3.05) is 0 Å². The van der Waals surface area contributed by atoms with Crippen molar-refractivity contribution in [1.82, 2.24) is 4.72 Å². The molecule has 1 amide bonds. The minimum Gasteiger partial charge on any atom is -0.290 e. The summed E-state index contributed by atoms with van der Waals surface area (Å²) in [7, 11) is 0. The van der Waals surface area contributed by atoms with E-state index in [0.717, 1.165) is 37.9 Å². The fourth-order valence-electron chi connectivity index (χ4n) is 0.851. The fraction of sp³-hybridized carbons (Fsp3) is 0.875. The molecule has 4 heteroatoms. The quantitative estimate of drug-likeness (QED) is 0.537. The Bertz CT molecular complexity index is 199. The number of rotatable bonds is 4. The molecular weight excluding hydrogens is 174 g/mol. The molecule has 0 spiro atoms. The first-order chi connectivity index (χ1) is 5.70. The van der Waals surface area contributed by atoms with Crippen LogP contribution in [0.5, 0.6) is 0 Å². The van der Waals surface area contributed by atoms with E-state index in [-0.39, 0.29) is 17.4 Å². The summed E-state index contributed by atoms with van der Waals surface area (Å²) in [5.41, 5.74) is 0.0432. The van der Waals surface area contributed by atoms with Gasteiger partial charge in [-0.1, -0.05) is 0 Å². The summed E-state index contributed by atoms with van der Waals surface area (Å²) >= 11 is 1.10. The molecule has 0 aliphatic heterocycles. The van der Waals surface area contributed by atoms with Gasteiger partial charge in [-0.25, -0.2) is 0 Å².